The van der Waals surface area contributed by atoms with Gasteiger partial charge in [0.15, 0.2) is 0 Å². The summed E-state index contributed by atoms with van der Waals surface area (Å²) in [6, 6.07) is 19.7. The number of nitrogens with one attached hydrogen (secondary N) is 1. The van der Waals surface area contributed by atoms with E-state index >= 15 is 0 Å². The first kappa shape index (κ1) is 21.7. The van der Waals surface area contributed by atoms with Crippen molar-refractivity contribution in [3.05, 3.63) is 94.6 Å². The maximum absolute atomic E-state index is 13.4. The Labute approximate surface area is 197 Å². The maximum atomic E-state index is 13.4. The SMILES string of the molecule is Cn1ccc2c(NC(=O)c3cc(S(=O)(=O)N4CCc5ccccc5C4)ccc3Cl)cccc21. The van der Waals surface area contributed by atoms with Gasteiger partial charge >= 0.3 is 0 Å². The second kappa shape index (κ2) is 8.33. The number of anilines is 1. The summed E-state index contributed by atoms with van der Waals surface area (Å²) in [6.45, 7) is 0.693. The lowest BCUT2D eigenvalue weighted by molar-refractivity contribution is 0.102. The van der Waals surface area contributed by atoms with Crippen molar-refractivity contribution >= 4 is 44.1 Å². The van der Waals surface area contributed by atoms with Gasteiger partial charge in [-0.2, -0.15) is 4.31 Å². The molecule has 1 aromatic heterocycles. The molecule has 0 spiro atoms. The lowest BCUT2D eigenvalue weighted by atomic mass is 10.0. The number of aromatic nitrogens is 1. The van der Waals surface area contributed by atoms with E-state index in [1.807, 2.05) is 60.3 Å². The summed E-state index contributed by atoms with van der Waals surface area (Å²) < 4.78 is 30.1. The first-order chi connectivity index (χ1) is 15.8. The van der Waals surface area contributed by atoms with Crippen LogP contribution < -0.4 is 5.32 Å². The van der Waals surface area contributed by atoms with Crippen LogP contribution in [0, 0.1) is 0 Å². The lowest BCUT2D eigenvalue weighted by Gasteiger charge is -2.28. The molecule has 0 fully saturated rings. The molecular weight excluding hydrogens is 458 g/mol. The summed E-state index contributed by atoms with van der Waals surface area (Å²) in [4.78, 5) is 13.1. The first-order valence-electron chi connectivity index (χ1n) is 10.6. The maximum Gasteiger partial charge on any atom is 0.257 e. The highest BCUT2D eigenvalue weighted by molar-refractivity contribution is 7.89. The Balaban J connectivity index is 1.45. The van der Waals surface area contributed by atoms with Crippen LogP contribution in [0.4, 0.5) is 5.69 Å². The van der Waals surface area contributed by atoms with Crippen molar-refractivity contribution in [3.8, 4) is 0 Å². The second-order valence-electron chi connectivity index (χ2n) is 8.12. The van der Waals surface area contributed by atoms with E-state index < -0.39 is 15.9 Å². The molecule has 2 heterocycles. The molecule has 0 radical (unpaired) electrons. The first-order valence-corrected chi connectivity index (χ1v) is 12.4. The minimum atomic E-state index is -3.79. The van der Waals surface area contributed by atoms with Crippen molar-refractivity contribution < 1.29 is 13.2 Å². The standard InChI is InChI=1S/C25H22ClN3O3S/c1-28-13-12-20-23(7-4-8-24(20)28)27-25(30)21-15-19(9-10-22(21)26)33(31,32)29-14-11-17-5-2-3-6-18(17)16-29/h2-10,12-13,15H,11,14,16H2,1H3,(H,27,30). The zero-order chi connectivity index (χ0) is 23.2. The molecule has 3 aromatic carbocycles. The van der Waals surface area contributed by atoms with Gasteiger partial charge in [0.25, 0.3) is 5.91 Å². The van der Waals surface area contributed by atoms with Gasteiger partial charge in [-0.05, 0) is 53.9 Å². The van der Waals surface area contributed by atoms with Crippen molar-refractivity contribution in [3.63, 3.8) is 0 Å². The third kappa shape index (κ3) is 3.93. The molecule has 4 aromatic rings. The van der Waals surface area contributed by atoms with Gasteiger partial charge in [0.2, 0.25) is 10.0 Å². The molecule has 1 aliphatic rings. The predicted molar refractivity (Wildman–Crippen MR) is 130 cm³/mol. The number of amides is 1. The number of benzene rings is 3. The number of aryl methyl sites for hydroxylation is 1. The molecule has 0 bridgehead atoms. The minimum absolute atomic E-state index is 0.0503. The number of carbonyl (C=O) groups excluding carboxylic acids is 1. The van der Waals surface area contributed by atoms with Crippen LogP contribution in [-0.4, -0.2) is 29.7 Å². The topological polar surface area (TPSA) is 71.4 Å². The number of halogens is 1. The number of carbonyl (C=O) groups is 1. The molecule has 1 amide bonds. The molecule has 1 aliphatic heterocycles. The average molecular weight is 480 g/mol. The fraction of sp³-hybridized carbons (Fsp3) is 0.160. The van der Waals surface area contributed by atoms with Crippen LogP contribution in [0.3, 0.4) is 0 Å². The normalized spacial score (nSPS) is 14.2. The van der Waals surface area contributed by atoms with E-state index in [1.54, 1.807) is 6.07 Å². The third-order valence-electron chi connectivity index (χ3n) is 6.09. The predicted octanol–water partition coefficient (Wildman–Crippen LogP) is 4.83. The summed E-state index contributed by atoms with van der Waals surface area (Å²) >= 11 is 6.31. The van der Waals surface area contributed by atoms with E-state index in [1.165, 1.54) is 22.5 Å². The average Bonchev–Trinajstić information content (AvgIpc) is 3.20. The van der Waals surface area contributed by atoms with Crippen LogP contribution in [0.25, 0.3) is 10.9 Å². The molecule has 5 rings (SSSR count). The largest absolute Gasteiger partial charge is 0.350 e. The zero-order valence-corrected chi connectivity index (χ0v) is 19.5. The van der Waals surface area contributed by atoms with Gasteiger partial charge in [-0.3, -0.25) is 4.79 Å². The summed E-state index contributed by atoms with van der Waals surface area (Å²) in [6.07, 6.45) is 2.56. The molecule has 0 unspecified atom stereocenters. The summed E-state index contributed by atoms with van der Waals surface area (Å²) in [7, 11) is -1.86. The molecule has 0 saturated carbocycles. The van der Waals surface area contributed by atoms with E-state index in [2.05, 4.69) is 5.32 Å². The third-order valence-corrected chi connectivity index (χ3v) is 8.26. The van der Waals surface area contributed by atoms with Crippen LogP contribution in [0.15, 0.2) is 77.8 Å². The molecule has 33 heavy (non-hydrogen) atoms. The Morgan fingerprint density at radius 3 is 2.61 bits per heavy atom. The number of sulfonamides is 1. The fourth-order valence-electron chi connectivity index (χ4n) is 4.26. The van der Waals surface area contributed by atoms with Gasteiger partial charge in [-0.25, -0.2) is 8.42 Å². The molecule has 0 saturated heterocycles. The van der Waals surface area contributed by atoms with Gasteiger partial charge in [-0.1, -0.05) is 41.9 Å². The molecule has 0 aliphatic carbocycles. The van der Waals surface area contributed by atoms with Crippen LogP contribution in [-0.2, 0) is 30.0 Å². The van der Waals surface area contributed by atoms with E-state index in [0.29, 0.717) is 25.2 Å². The molecule has 8 heteroatoms. The molecule has 0 atom stereocenters. The van der Waals surface area contributed by atoms with Crippen LogP contribution >= 0.6 is 11.6 Å². The Bertz CT molecular complexity index is 1490. The second-order valence-corrected chi connectivity index (χ2v) is 10.5. The van der Waals surface area contributed by atoms with Crippen molar-refractivity contribution in [2.24, 2.45) is 7.05 Å². The van der Waals surface area contributed by atoms with Gasteiger partial charge in [0.1, 0.15) is 0 Å². The number of rotatable bonds is 4. The number of nitrogens with zero attached hydrogens (tertiary/aromatic N) is 2. The highest BCUT2D eigenvalue weighted by atomic mass is 35.5. The van der Waals surface area contributed by atoms with Gasteiger partial charge in [0, 0.05) is 37.2 Å². The van der Waals surface area contributed by atoms with Crippen molar-refractivity contribution in [2.75, 3.05) is 11.9 Å². The highest BCUT2D eigenvalue weighted by Crippen LogP contribution is 2.29. The summed E-state index contributed by atoms with van der Waals surface area (Å²) in [5.41, 5.74) is 3.88. The summed E-state index contributed by atoms with van der Waals surface area (Å²) in [5, 5.41) is 3.96. The highest BCUT2D eigenvalue weighted by Gasteiger charge is 2.29. The number of hydrogen-bond acceptors (Lipinski definition) is 3. The number of hydrogen-bond donors (Lipinski definition) is 1. The fourth-order valence-corrected chi connectivity index (χ4v) is 5.91. The molecule has 6 nitrogen and oxygen atoms in total. The van der Waals surface area contributed by atoms with Crippen molar-refractivity contribution in [2.45, 2.75) is 17.9 Å². The Hall–Kier alpha value is -3.13. The quantitative estimate of drug-likeness (QED) is 0.455. The van der Waals surface area contributed by atoms with Gasteiger partial charge < -0.3 is 9.88 Å². The smallest absolute Gasteiger partial charge is 0.257 e. The lowest BCUT2D eigenvalue weighted by Crippen LogP contribution is -2.36. The van der Waals surface area contributed by atoms with Crippen LogP contribution in [0.5, 0.6) is 0 Å². The monoisotopic (exact) mass is 479 g/mol. The van der Waals surface area contributed by atoms with E-state index in [9.17, 15) is 13.2 Å². The van der Waals surface area contributed by atoms with Crippen LogP contribution in [0.1, 0.15) is 21.5 Å². The van der Waals surface area contributed by atoms with E-state index in [-0.39, 0.29) is 15.5 Å². The van der Waals surface area contributed by atoms with Gasteiger partial charge in [-0.15, -0.1) is 0 Å². The number of fused-ring (bicyclic) bond motifs is 2. The Kier molecular flexibility index (Phi) is 5.48. The molecular formula is C25H22ClN3O3S. The Morgan fingerprint density at radius 2 is 1.79 bits per heavy atom. The Morgan fingerprint density at radius 1 is 1.00 bits per heavy atom. The van der Waals surface area contributed by atoms with Crippen molar-refractivity contribution in [1.82, 2.24) is 8.87 Å². The summed E-state index contributed by atoms with van der Waals surface area (Å²) in [5.74, 6) is -0.461. The van der Waals surface area contributed by atoms with Crippen LogP contribution in [0.2, 0.25) is 5.02 Å². The molecule has 168 valence electrons. The van der Waals surface area contributed by atoms with E-state index in [4.69, 9.17) is 11.6 Å². The zero-order valence-electron chi connectivity index (χ0n) is 18.0. The van der Waals surface area contributed by atoms with Gasteiger partial charge in [0.05, 0.1) is 21.2 Å². The van der Waals surface area contributed by atoms with Crippen molar-refractivity contribution in [1.29, 1.82) is 0 Å². The molecule has 1 N–H and O–H groups in total. The minimum Gasteiger partial charge on any atom is -0.350 e. The van der Waals surface area contributed by atoms with E-state index in [0.717, 1.165) is 22.0 Å².